The predicted molar refractivity (Wildman–Crippen MR) is 105 cm³/mol. The van der Waals surface area contributed by atoms with Crippen molar-refractivity contribution in [1.82, 2.24) is 0 Å². The lowest BCUT2D eigenvalue weighted by molar-refractivity contribution is -0.137. The van der Waals surface area contributed by atoms with E-state index in [1.807, 2.05) is 0 Å². The first-order valence-electron chi connectivity index (χ1n) is 9.25. The number of rotatable bonds is 15. The van der Waals surface area contributed by atoms with E-state index in [2.05, 4.69) is 67.7 Å². The Hall–Kier alpha value is -1.83. The fraction of sp³-hybridized carbons (Fsp3) is 0.500. The van der Waals surface area contributed by atoms with Crippen LogP contribution in [-0.2, 0) is 4.79 Å². The summed E-state index contributed by atoms with van der Waals surface area (Å²) < 4.78 is 0. The van der Waals surface area contributed by atoms with Gasteiger partial charge in [-0.2, -0.15) is 0 Å². The Balaban J connectivity index is 3.43. The van der Waals surface area contributed by atoms with Gasteiger partial charge >= 0.3 is 5.97 Å². The number of carbonyl (C=O) groups is 1. The van der Waals surface area contributed by atoms with E-state index in [4.69, 9.17) is 5.11 Å². The van der Waals surface area contributed by atoms with Crippen molar-refractivity contribution in [2.75, 3.05) is 0 Å². The fourth-order valence-corrected chi connectivity index (χ4v) is 2.11. The van der Waals surface area contributed by atoms with Gasteiger partial charge in [0.25, 0.3) is 0 Å². The Morgan fingerprint density at radius 3 is 1.88 bits per heavy atom. The van der Waals surface area contributed by atoms with Crippen molar-refractivity contribution in [2.45, 2.75) is 71.1 Å². The molecule has 24 heavy (non-hydrogen) atoms. The van der Waals surface area contributed by atoms with E-state index in [1.165, 1.54) is 0 Å². The highest BCUT2D eigenvalue weighted by atomic mass is 16.4. The molecule has 0 aromatic rings. The molecule has 0 heterocycles. The lowest BCUT2D eigenvalue weighted by Crippen LogP contribution is -1.93. The molecule has 0 saturated heterocycles. The molecule has 0 radical (unpaired) electrons. The number of hydrogen-bond donors (Lipinski definition) is 1. The summed E-state index contributed by atoms with van der Waals surface area (Å²) in [7, 11) is 0. The van der Waals surface area contributed by atoms with Gasteiger partial charge in [-0.15, -0.1) is 0 Å². The zero-order valence-corrected chi connectivity index (χ0v) is 15.2. The van der Waals surface area contributed by atoms with Crippen LogP contribution in [0.15, 0.2) is 60.8 Å². The molecule has 0 spiro atoms. The highest BCUT2D eigenvalue weighted by molar-refractivity contribution is 5.66. The molecule has 0 unspecified atom stereocenters. The van der Waals surface area contributed by atoms with E-state index in [-0.39, 0.29) is 0 Å². The molecular weight excluding hydrogens is 296 g/mol. The molecule has 0 bridgehead atoms. The van der Waals surface area contributed by atoms with Crippen LogP contribution >= 0.6 is 0 Å². The molecule has 1 N–H and O–H groups in total. The molecule has 0 aliphatic rings. The van der Waals surface area contributed by atoms with Gasteiger partial charge in [0.15, 0.2) is 0 Å². The third-order valence-electron chi connectivity index (χ3n) is 3.45. The van der Waals surface area contributed by atoms with Crippen LogP contribution in [0.4, 0.5) is 0 Å². The van der Waals surface area contributed by atoms with Crippen LogP contribution in [0, 0.1) is 0 Å². The number of carboxylic acids is 1. The van der Waals surface area contributed by atoms with Crippen molar-refractivity contribution in [3.63, 3.8) is 0 Å². The number of carboxylic acid groups (broad SMARTS) is 1. The van der Waals surface area contributed by atoms with Gasteiger partial charge in [-0.3, -0.25) is 4.79 Å². The van der Waals surface area contributed by atoms with Gasteiger partial charge in [0.1, 0.15) is 0 Å². The summed E-state index contributed by atoms with van der Waals surface area (Å²) in [5.74, 6) is -0.686. The van der Waals surface area contributed by atoms with Gasteiger partial charge in [0.05, 0.1) is 0 Å². The molecule has 0 atom stereocenters. The first-order chi connectivity index (χ1) is 11.8. The molecule has 0 aromatic heterocycles. The van der Waals surface area contributed by atoms with Crippen molar-refractivity contribution >= 4 is 5.97 Å². The number of aliphatic carboxylic acids is 1. The van der Waals surface area contributed by atoms with Crippen LogP contribution in [0.1, 0.15) is 71.1 Å². The van der Waals surface area contributed by atoms with Crippen molar-refractivity contribution in [3.05, 3.63) is 60.8 Å². The van der Waals surface area contributed by atoms with Crippen LogP contribution in [-0.4, -0.2) is 11.1 Å². The van der Waals surface area contributed by atoms with Crippen LogP contribution in [0.5, 0.6) is 0 Å². The maximum absolute atomic E-state index is 10.4. The number of allylic oxidation sites excluding steroid dienone is 10. The molecule has 0 aromatic carbocycles. The highest BCUT2D eigenvalue weighted by Crippen LogP contribution is 2.06. The minimum atomic E-state index is -0.686. The van der Waals surface area contributed by atoms with E-state index in [9.17, 15) is 4.79 Å². The fourth-order valence-electron chi connectivity index (χ4n) is 2.11. The first kappa shape index (κ1) is 22.2. The van der Waals surface area contributed by atoms with Gasteiger partial charge < -0.3 is 5.11 Å². The minimum Gasteiger partial charge on any atom is -0.481 e. The third kappa shape index (κ3) is 20.2. The molecule has 0 aliphatic carbocycles. The number of unbranched alkanes of at least 4 members (excludes halogenated alkanes) is 4. The molecule has 2 nitrogen and oxygen atoms in total. The molecular formula is C22H34O2. The topological polar surface area (TPSA) is 37.3 Å². The summed E-state index contributed by atoms with van der Waals surface area (Å²) in [5, 5.41) is 8.53. The Bertz CT molecular complexity index is 425. The van der Waals surface area contributed by atoms with E-state index in [0.717, 1.165) is 57.8 Å². The quantitative estimate of drug-likeness (QED) is 0.204. The zero-order chi connectivity index (χ0) is 17.7. The molecule has 0 fully saturated rings. The standard InChI is InChI=1S/C22H34O2/c1-2-3-4-5-6-7-8-9-10-11-12-13-14-15-16-17-18-19-20-21-22(23)24/h3-4,6-7,9-10,12-15H,2,5,8,11,16-21H2,1H3,(H,23,24)/b4-3+,7-6+,10-9+,13-12+,15-14+. The van der Waals surface area contributed by atoms with Crippen LogP contribution < -0.4 is 0 Å². The molecule has 0 saturated carbocycles. The Kier molecular flexibility index (Phi) is 17.8. The van der Waals surface area contributed by atoms with E-state index in [1.54, 1.807) is 0 Å². The summed E-state index contributed by atoms with van der Waals surface area (Å²) in [6.07, 6.45) is 31.3. The molecule has 0 rings (SSSR count). The highest BCUT2D eigenvalue weighted by Gasteiger charge is 1.95. The van der Waals surface area contributed by atoms with Gasteiger partial charge in [0, 0.05) is 6.42 Å². The Labute approximate surface area is 148 Å². The SMILES string of the molecule is CC/C=C/C/C=C/C/C=C/C/C=C/C=C/CCCCCCC(=O)O. The van der Waals surface area contributed by atoms with Gasteiger partial charge in [-0.25, -0.2) is 0 Å². The minimum absolute atomic E-state index is 0.303. The molecule has 0 amide bonds. The van der Waals surface area contributed by atoms with Gasteiger partial charge in [0.2, 0.25) is 0 Å². The maximum atomic E-state index is 10.4. The van der Waals surface area contributed by atoms with E-state index in [0.29, 0.717) is 6.42 Å². The second-order valence-electron chi connectivity index (χ2n) is 5.73. The average Bonchev–Trinajstić information content (AvgIpc) is 2.56. The van der Waals surface area contributed by atoms with Gasteiger partial charge in [-0.05, 0) is 44.9 Å². The Morgan fingerprint density at radius 1 is 0.708 bits per heavy atom. The zero-order valence-electron chi connectivity index (χ0n) is 15.2. The predicted octanol–water partition coefficient (Wildman–Crippen LogP) is 6.77. The average molecular weight is 331 g/mol. The molecule has 2 heteroatoms. The van der Waals surface area contributed by atoms with Crippen LogP contribution in [0.2, 0.25) is 0 Å². The van der Waals surface area contributed by atoms with Crippen molar-refractivity contribution in [3.8, 4) is 0 Å². The first-order valence-corrected chi connectivity index (χ1v) is 9.25. The van der Waals surface area contributed by atoms with Crippen LogP contribution in [0.3, 0.4) is 0 Å². The lowest BCUT2D eigenvalue weighted by Gasteiger charge is -1.96. The second kappa shape index (κ2) is 19.2. The normalized spacial score (nSPS) is 12.7. The molecule has 134 valence electrons. The summed E-state index contributed by atoms with van der Waals surface area (Å²) >= 11 is 0. The van der Waals surface area contributed by atoms with E-state index < -0.39 is 5.97 Å². The molecule has 0 aliphatic heterocycles. The smallest absolute Gasteiger partial charge is 0.303 e. The summed E-state index contributed by atoms with van der Waals surface area (Å²) in [5.41, 5.74) is 0. The monoisotopic (exact) mass is 330 g/mol. The second-order valence-corrected chi connectivity index (χ2v) is 5.73. The van der Waals surface area contributed by atoms with Crippen LogP contribution in [0.25, 0.3) is 0 Å². The van der Waals surface area contributed by atoms with Gasteiger partial charge in [-0.1, -0.05) is 80.5 Å². The maximum Gasteiger partial charge on any atom is 0.303 e. The van der Waals surface area contributed by atoms with Crippen molar-refractivity contribution < 1.29 is 9.90 Å². The largest absolute Gasteiger partial charge is 0.481 e. The van der Waals surface area contributed by atoms with Crippen molar-refractivity contribution in [2.24, 2.45) is 0 Å². The Morgan fingerprint density at radius 2 is 1.25 bits per heavy atom. The lowest BCUT2D eigenvalue weighted by atomic mass is 10.1. The summed E-state index contributed by atoms with van der Waals surface area (Å²) in [4.78, 5) is 10.4. The summed E-state index contributed by atoms with van der Waals surface area (Å²) in [6, 6.07) is 0. The third-order valence-corrected chi connectivity index (χ3v) is 3.45. The summed E-state index contributed by atoms with van der Waals surface area (Å²) in [6.45, 7) is 2.15. The van der Waals surface area contributed by atoms with Crippen molar-refractivity contribution in [1.29, 1.82) is 0 Å². The van der Waals surface area contributed by atoms with E-state index >= 15 is 0 Å². The number of hydrogen-bond acceptors (Lipinski definition) is 1.